The van der Waals surface area contributed by atoms with E-state index < -0.39 is 0 Å². The van der Waals surface area contributed by atoms with E-state index in [1.165, 1.54) is 5.56 Å². The summed E-state index contributed by atoms with van der Waals surface area (Å²) in [7, 11) is 0. The van der Waals surface area contributed by atoms with Crippen molar-refractivity contribution in [3.63, 3.8) is 0 Å². The van der Waals surface area contributed by atoms with Crippen LogP contribution in [0.2, 0.25) is 5.02 Å². The number of hydrogen-bond donors (Lipinski definition) is 1. The molecule has 0 saturated heterocycles. The topological polar surface area (TPSA) is 39.1 Å². The molecule has 0 aliphatic rings. The van der Waals surface area contributed by atoms with Gasteiger partial charge in [0.2, 0.25) is 5.95 Å². The maximum absolute atomic E-state index is 6.19. The van der Waals surface area contributed by atoms with Crippen LogP contribution in [0.3, 0.4) is 0 Å². The minimum absolute atomic E-state index is 0.669. The van der Waals surface area contributed by atoms with Gasteiger partial charge in [0, 0.05) is 21.7 Å². The lowest BCUT2D eigenvalue weighted by atomic mass is 10.2. The number of hydrogen-bond acceptors (Lipinski definition) is 3. The van der Waals surface area contributed by atoms with Gasteiger partial charge in [0.25, 0.3) is 0 Å². The van der Waals surface area contributed by atoms with Gasteiger partial charge in [-0.05, 0) is 66.6 Å². The molecule has 0 amide bonds. The van der Waals surface area contributed by atoms with Gasteiger partial charge in [-0.15, -0.1) is 0 Å². The fraction of sp³-hybridized carbons (Fsp3) is 0.174. The summed E-state index contributed by atoms with van der Waals surface area (Å²) in [6, 6.07) is 22.1. The molecule has 0 bridgehead atoms. The molecule has 4 aromatic rings. The van der Waals surface area contributed by atoms with Crippen LogP contribution in [0.4, 0.5) is 5.95 Å². The molecule has 0 atom stereocenters. The minimum Gasteiger partial charge on any atom is -0.494 e. The molecular weight excluding hydrogens is 450 g/mol. The largest absolute Gasteiger partial charge is 0.494 e. The number of anilines is 1. The third-order valence-corrected chi connectivity index (χ3v) is 5.31. The first kappa shape index (κ1) is 19.8. The molecule has 0 radical (unpaired) electrons. The van der Waals surface area contributed by atoms with Gasteiger partial charge < -0.3 is 10.1 Å². The van der Waals surface area contributed by atoms with Crippen molar-refractivity contribution < 1.29 is 4.74 Å². The van der Waals surface area contributed by atoms with Gasteiger partial charge in [-0.2, -0.15) is 0 Å². The normalized spacial score (nSPS) is 11.0. The van der Waals surface area contributed by atoms with Crippen LogP contribution in [-0.2, 0) is 6.54 Å². The first-order valence-corrected chi connectivity index (χ1v) is 10.7. The Labute approximate surface area is 183 Å². The zero-order valence-electron chi connectivity index (χ0n) is 16.0. The van der Waals surface area contributed by atoms with Crippen LogP contribution in [0.5, 0.6) is 5.75 Å². The van der Waals surface area contributed by atoms with Crippen molar-refractivity contribution in [2.24, 2.45) is 0 Å². The molecule has 29 heavy (non-hydrogen) atoms. The Morgan fingerprint density at radius 3 is 2.52 bits per heavy atom. The summed E-state index contributed by atoms with van der Waals surface area (Å²) in [5, 5.41) is 4.14. The number of nitrogens with one attached hydrogen (secondary N) is 1. The molecule has 4 rings (SSSR count). The first-order valence-electron chi connectivity index (χ1n) is 9.53. The summed E-state index contributed by atoms with van der Waals surface area (Å²) in [5.41, 5.74) is 4.03. The summed E-state index contributed by atoms with van der Waals surface area (Å²) >= 11 is 9.67. The van der Waals surface area contributed by atoms with E-state index in [1.807, 2.05) is 54.6 Å². The number of halogens is 2. The molecule has 4 nitrogen and oxygen atoms in total. The van der Waals surface area contributed by atoms with Crippen LogP contribution in [0.15, 0.2) is 71.2 Å². The van der Waals surface area contributed by atoms with Crippen molar-refractivity contribution in [3.05, 3.63) is 81.8 Å². The quantitative estimate of drug-likeness (QED) is 0.321. The van der Waals surface area contributed by atoms with E-state index in [9.17, 15) is 0 Å². The maximum Gasteiger partial charge on any atom is 0.208 e. The third kappa shape index (κ3) is 4.57. The van der Waals surface area contributed by atoms with Gasteiger partial charge in [-0.3, -0.25) is 4.57 Å². The van der Waals surface area contributed by atoms with Crippen LogP contribution in [-0.4, -0.2) is 16.2 Å². The van der Waals surface area contributed by atoms with Gasteiger partial charge in [0.05, 0.1) is 17.6 Å². The Balaban J connectivity index is 1.68. The van der Waals surface area contributed by atoms with E-state index in [4.69, 9.17) is 21.3 Å². The monoisotopic (exact) mass is 469 g/mol. The second-order valence-electron chi connectivity index (χ2n) is 6.73. The average Bonchev–Trinajstić information content (AvgIpc) is 3.09. The predicted molar refractivity (Wildman–Crippen MR) is 123 cm³/mol. The Kier molecular flexibility index (Phi) is 6.07. The average molecular weight is 471 g/mol. The van der Waals surface area contributed by atoms with E-state index in [-0.39, 0.29) is 0 Å². The number of rotatable bonds is 7. The number of ether oxygens (including phenoxy) is 1. The molecule has 1 N–H and O–H groups in total. The standard InChI is InChI=1S/C23H21BrClN3O/c1-2-13-29-20-10-8-19(9-11-20)28-22-12-7-18(25)14-21(22)27-23(28)26-15-16-3-5-17(24)6-4-16/h3-12,14H,2,13,15H2,1H3,(H,26,27). The summed E-state index contributed by atoms with van der Waals surface area (Å²) in [5.74, 6) is 1.64. The van der Waals surface area contributed by atoms with E-state index in [0.717, 1.165) is 39.3 Å². The van der Waals surface area contributed by atoms with E-state index in [2.05, 4.69) is 44.9 Å². The van der Waals surface area contributed by atoms with Crippen molar-refractivity contribution >= 4 is 44.5 Å². The molecule has 0 fully saturated rings. The summed E-state index contributed by atoms with van der Waals surface area (Å²) in [6.45, 7) is 3.48. The molecule has 1 heterocycles. The lowest BCUT2D eigenvalue weighted by molar-refractivity contribution is 0.317. The Bertz CT molecular complexity index is 1110. The molecule has 148 valence electrons. The number of nitrogens with zero attached hydrogens (tertiary/aromatic N) is 2. The van der Waals surface area contributed by atoms with Crippen LogP contribution < -0.4 is 10.1 Å². The summed E-state index contributed by atoms with van der Waals surface area (Å²) in [4.78, 5) is 4.78. The minimum atomic E-state index is 0.669. The van der Waals surface area contributed by atoms with Crippen LogP contribution in [0.1, 0.15) is 18.9 Å². The molecule has 0 saturated carbocycles. The molecule has 0 spiro atoms. The van der Waals surface area contributed by atoms with Gasteiger partial charge in [-0.1, -0.05) is 46.6 Å². The number of aromatic nitrogens is 2. The Morgan fingerprint density at radius 2 is 1.79 bits per heavy atom. The second kappa shape index (κ2) is 8.89. The van der Waals surface area contributed by atoms with Gasteiger partial charge in [0.1, 0.15) is 5.75 Å². The molecule has 0 unspecified atom stereocenters. The highest BCUT2D eigenvalue weighted by Crippen LogP contribution is 2.28. The van der Waals surface area contributed by atoms with Gasteiger partial charge in [-0.25, -0.2) is 4.98 Å². The van der Waals surface area contributed by atoms with E-state index >= 15 is 0 Å². The zero-order chi connectivity index (χ0) is 20.2. The fourth-order valence-electron chi connectivity index (χ4n) is 3.13. The van der Waals surface area contributed by atoms with Crippen molar-refractivity contribution in [2.75, 3.05) is 11.9 Å². The molecule has 0 aliphatic carbocycles. The van der Waals surface area contributed by atoms with Crippen LogP contribution >= 0.6 is 27.5 Å². The lowest BCUT2D eigenvalue weighted by Gasteiger charge is -2.12. The number of imidazole rings is 1. The van der Waals surface area contributed by atoms with Crippen molar-refractivity contribution in [2.45, 2.75) is 19.9 Å². The van der Waals surface area contributed by atoms with Crippen LogP contribution in [0, 0.1) is 0 Å². The predicted octanol–water partition coefficient (Wildman–Crippen LogP) is 6.84. The second-order valence-corrected chi connectivity index (χ2v) is 8.08. The lowest BCUT2D eigenvalue weighted by Crippen LogP contribution is -2.06. The van der Waals surface area contributed by atoms with E-state index in [0.29, 0.717) is 18.2 Å². The zero-order valence-corrected chi connectivity index (χ0v) is 18.4. The summed E-state index contributed by atoms with van der Waals surface area (Å²) < 4.78 is 8.88. The van der Waals surface area contributed by atoms with Crippen molar-refractivity contribution in [1.82, 2.24) is 9.55 Å². The van der Waals surface area contributed by atoms with Crippen molar-refractivity contribution in [3.8, 4) is 11.4 Å². The molecule has 6 heteroatoms. The summed E-state index contributed by atoms with van der Waals surface area (Å²) in [6.07, 6.45) is 0.985. The maximum atomic E-state index is 6.19. The number of benzene rings is 3. The molecule has 1 aromatic heterocycles. The first-order chi connectivity index (χ1) is 14.1. The Morgan fingerprint density at radius 1 is 1.03 bits per heavy atom. The van der Waals surface area contributed by atoms with E-state index in [1.54, 1.807) is 0 Å². The third-order valence-electron chi connectivity index (χ3n) is 4.55. The van der Waals surface area contributed by atoms with Gasteiger partial charge >= 0.3 is 0 Å². The molecular formula is C23H21BrClN3O. The Hall–Kier alpha value is -2.50. The fourth-order valence-corrected chi connectivity index (χ4v) is 3.56. The highest BCUT2D eigenvalue weighted by atomic mass is 79.9. The molecule has 0 aliphatic heterocycles. The highest BCUT2D eigenvalue weighted by Gasteiger charge is 2.13. The molecule has 3 aromatic carbocycles. The van der Waals surface area contributed by atoms with Crippen LogP contribution in [0.25, 0.3) is 16.7 Å². The highest BCUT2D eigenvalue weighted by molar-refractivity contribution is 9.10. The van der Waals surface area contributed by atoms with Crippen molar-refractivity contribution in [1.29, 1.82) is 0 Å². The SMILES string of the molecule is CCCOc1ccc(-n2c(NCc3ccc(Br)cc3)nc3cc(Cl)ccc32)cc1. The number of fused-ring (bicyclic) bond motifs is 1. The van der Waals surface area contributed by atoms with Gasteiger partial charge in [0.15, 0.2) is 0 Å². The smallest absolute Gasteiger partial charge is 0.208 e.